The van der Waals surface area contributed by atoms with Crippen LogP contribution in [0.25, 0.3) is 21.7 Å². The van der Waals surface area contributed by atoms with E-state index in [-0.39, 0.29) is 32.7 Å². The van der Waals surface area contributed by atoms with Crippen molar-refractivity contribution in [3.63, 3.8) is 0 Å². The summed E-state index contributed by atoms with van der Waals surface area (Å²) in [6.07, 6.45) is -1.93. The number of hydrogen-bond acceptors (Lipinski definition) is 8. The van der Waals surface area contributed by atoms with Crippen LogP contribution in [-0.2, 0) is 6.18 Å². The maximum atomic E-state index is 13.4. The molecule has 0 aromatic carbocycles. The van der Waals surface area contributed by atoms with Gasteiger partial charge in [-0.2, -0.15) is 13.2 Å². The maximum Gasteiger partial charge on any atom is 0.434 e. The summed E-state index contributed by atoms with van der Waals surface area (Å²) in [5, 5.41) is 5.10. The van der Waals surface area contributed by atoms with E-state index in [0.717, 1.165) is 11.3 Å². The maximum absolute atomic E-state index is 13.4. The van der Waals surface area contributed by atoms with Crippen molar-refractivity contribution in [1.29, 1.82) is 0 Å². The van der Waals surface area contributed by atoms with Gasteiger partial charge in [0.25, 0.3) is 5.91 Å². The van der Waals surface area contributed by atoms with E-state index in [2.05, 4.69) is 25.6 Å². The third kappa shape index (κ3) is 5.23. The Balaban J connectivity index is 2.20. The highest BCUT2D eigenvalue weighted by Crippen LogP contribution is 2.41. The van der Waals surface area contributed by atoms with Crippen LogP contribution in [0, 0.1) is 6.92 Å². The molecule has 0 spiro atoms. The number of alkyl halides is 3. The Bertz CT molecular complexity index is 1230. The first-order valence-corrected chi connectivity index (χ1v) is 10.6. The summed E-state index contributed by atoms with van der Waals surface area (Å²) < 4.78 is 45.2. The molecule has 34 heavy (non-hydrogen) atoms. The number of hydrogen-bond donors (Lipinski definition) is 4. The number of rotatable bonds is 6. The average Bonchev–Trinajstić information content (AvgIpc) is 3.20. The number of hydrazine groups is 1. The minimum atomic E-state index is -4.64. The molecule has 0 radical (unpaired) electrons. The summed E-state index contributed by atoms with van der Waals surface area (Å²) in [5.74, 6) is 4.64. The van der Waals surface area contributed by atoms with Gasteiger partial charge in [0, 0.05) is 40.5 Å². The lowest BCUT2D eigenvalue weighted by Gasteiger charge is -2.13. The number of ether oxygens (including phenoxy) is 1. The third-order valence-electron chi connectivity index (χ3n) is 4.51. The predicted octanol–water partition coefficient (Wildman–Crippen LogP) is 3.35. The molecule has 0 fully saturated rings. The van der Waals surface area contributed by atoms with Crippen molar-refractivity contribution in [2.24, 2.45) is 5.84 Å². The number of nitrogens with zero attached hydrogens (tertiary/aromatic N) is 3. The van der Waals surface area contributed by atoms with Crippen molar-refractivity contribution >= 4 is 29.1 Å². The molecular weight excluding hydrogens is 475 g/mol. The van der Waals surface area contributed by atoms with Crippen LogP contribution in [0.2, 0.25) is 0 Å². The first kappa shape index (κ1) is 24.9. The topological polar surface area (TPSA) is 144 Å². The summed E-state index contributed by atoms with van der Waals surface area (Å²) in [5.41, 5.74) is 1.89. The molecular formula is C20H20F3N7O3S. The average molecular weight is 495 g/mol. The number of amides is 3. The van der Waals surface area contributed by atoms with Gasteiger partial charge >= 0.3 is 12.2 Å². The molecule has 180 valence electrons. The number of halogens is 3. The second kappa shape index (κ2) is 10.0. The van der Waals surface area contributed by atoms with Gasteiger partial charge in [-0.1, -0.05) is 0 Å². The van der Waals surface area contributed by atoms with Gasteiger partial charge in [0.05, 0.1) is 7.11 Å². The van der Waals surface area contributed by atoms with Crippen molar-refractivity contribution in [3.05, 3.63) is 40.7 Å². The smallest absolute Gasteiger partial charge is 0.434 e. The number of urea groups is 1. The van der Waals surface area contributed by atoms with Crippen LogP contribution in [0.4, 0.5) is 23.8 Å². The Kier molecular flexibility index (Phi) is 7.32. The van der Waals surface area contributed by atoms with Crippen molar-refractivity contribution in [1.82, 2.24) is 25.7 Å². The normalized spacial score (nSPS) is 11.1. The Morgan fingerprint density at radius 1 is 1.18 bits per heavy atom. The second-order valence-corrected chi connectivity index (χ2v) is 7.98. The molecule has 3 aromatic heterocycles. The molecule has 3 rings (SSSR count). The number of carbonyl (C=O) groups is 2. The second-order valence-electron chi connectivity index (χ2n) is 6.78. The number of aromatic nitrogens is 3. The van der Waals surface area contributed by atoms with Crippen LogP contribution in [-0.4, -0.2) is 40.5 Å². The van der Waals surface area contributed by atoms with Gasteiger partial charge in [-0.15, -0.1) is 11.3 Å². The van der Waals surface area contributed by atoms with E-state index in [1.54, 1.807) is 6.92 Å². The Morgan fingerprint density at radius 3 is 2.50 bits per heavy atom. The van der Waals surface area contributed by atoms with Gasteiger partial charge in [0.1, 0.15) is 16.4 Å². The fourth-order valence-corrected chi connectivity index (χ4v) is 3.99. The molecule has 14 heteroatoms. The molecule has 0 atom stereocenters. The molecule has 5 N–H and O–H groups in total. The van der Waals surface area contributed by atoms with Gasteiger partial charge in [-0.05, 0) is 26.0 Å². The highest BCUT2D eigenvalue weighted by atomic mass is 32.1. The van der Waals surface area contributed by atoms with Crippen LogP contribution in [0.1, 0.15) is 27.9 Å². The molecule has 0 saturated heterocycles. The zero-order valence-electron chi connectivity index (χ0n) is 18.2. The van der Waals surface area contributed by atoms with E-state index in [0.29, 0.717) is 17.7 Å². The minimum absolute atomic E-state index is 0.000170. The van der Waals surface area contributed by atoms with Gasteiger partial charge in [0.2, 0.25) is 5.88 Å². The molecule has 0 bridgehead atoms. The van der Waals surface area contributed by atoms with Crippen LogP contribution in [0.3, 0.4) is 0 Å². The Labute approximate surface area is 195 Å². The summed E-state index contributed by atoms with van der Waals surface area (Å²) in [6, 6.07) is 2.28. The summed E-state index contributed by atoms with van der Waals surface area (Å²) in [6.45, 7) is 3.41. The third-order valence-corrected chi connectivity index (χ3v) is 5.51. The number of pyridine rings is 2. The van der Waals surface area contributed by atoms with Crippen molar-refractivity contribution < 1.29 is 27.5 Å². The highest BCUT2D eigenvalue weighted by molar-refractivity contribution is 7.15. The first-order valence-electron chi connectivity index (χ1n) is 9.74. The number of anilines is 1. The Hall–Kier alpha value is -3.78. The number of methoxy groups -OCH3 is 1. The molecule has 3 heterocycles. The van der Waals surface area contributed by atoms with Crippen molar-refractivity contribution in [2.45, 2.75) is 20.0 Å². The quantitative estimate of drug-likeness (QED) is 0.233. The van der Waals surface area contributed by atoms with Gasteiger partial charge in [0.15, 0.2) is 5.69 Å². The lowest BCUT2D eigenvalue weighted by atomic mass is 10.0. The van der Waals surface area contributed by atoms with Crippen LogP contribution in [0.5, 0.6) is 5.88 Å². The molecule has 0 unspecified atom stereocenters. The predicted molar refractivity (Wildman–Crippen MR) is 119 cm³/mol. The fraction of sp³-hybridized carbons (Fsp3) is 0.250. The number of aryl methyl sites for hydroxylation is 1. The number of nitrogens with two attached hydrogens (primary N) is 1. The highest BCUT2D eigenvalue weighted by Gasteiger charge is 2.36. The lowest BCUT2D eigenvalue weighted by molar-refractivity contribution is -0.141. The Morgan fingerprint density at radius 2 is 1.91 bits per heavy atom. The molecule has 3 aromatic rings. The van der Waals surface area contributed by atoms with Gasteiger partial charge < -0.3 is 10.1 Å². The molecule has 3 amide bonds. The van der Waals surface area contributed by atoms with E-state index in [1.165, 1.54) is 38.6 Å². The van der Waals surface area contributed by atoms with E-state index < -0.39 is 23.8 Å². The largest absolute Gasteiger partial charge is 0.480 e. The molecule has 0 saturated carbocycles. The SMILES string of the molecule is CCNC(=O)Nc1cc(-c2nc(C(F)(F)F)c(C)s2)c(-c2cnc(OC)c(C(=O)NN)c2)cn1. The molecule has 0 aliphatic rings. The summed E-state index contributed by atoms with van der Waals surface area (Å²) in [4.78, 5) is 36.1. The van der Waals surface area contributed by atoms with Crippen LogP contribution in [0.15, 0.2) is 24.5 Å². The number of nitrogen functional groups attached to an aromatic ring is 1. The van der Waals surface area contributed by atoms with Gasteiger partial charge in [-0.3, -0.25) is 15.5 Å². The van der Waals surface area contributed by atoms with Gasteiger partial charge in [-0.25, -0.2) is 25.6 Å². The monoisotopic (exact) mass is 495 g/mol. The van der Waals surface area contributed by atoms with Crippen LogP contribution < -0.4 is 26.6 Å². The van der Waals surface area contributed by atoms with Crippen LogP contribution >= 0.6 is 11.3 Å². The standard InChI is InChI=1S/C20H20F3N7O3S/c1-4-25-19(32)28-14-6-11(18-29-15(9(2)34-18)20(21,22)23)13(8-26-14)10-5-12(16(31)30-24)17(33-3)27-7-10/h5-8H,4,24H2,1-3H3,(H,30,31)(H2,25,26,28,32). The van der Waals surface area contributed by atoms with E-state index in [4.69, 9.17) is 10.6 Å². The first-order chi connectivity index (χ1) is 16.1. The zero-order chi connectivity index (χ0) is 25.0. The van der Waals surface area contributed by atoms with E-state index >= 15 is 0 Å². The van der Waals surface area contributed by atoms with Crippen molar-refractivity contribution in [3.8, 4) is 27.6 Å². The van der Waals surface area contributed by atoms with Crippen molar-refractivity contribution in [2.75, 3.05) is 19.0 Å². The van der Waals surface area contributed by atoms with E-state index in [1.807, 2.05) is 5.43 Å². The molecule has 10 nitrogen and oxygen atoms in total. The lowest BCUT2D eigenvalue weighted by Crippen LogP contribution is -2.30. The molecule has 0 aliphatic heterocycles. The van der Waals surface area contributed by atoms with E-state index in [9.17, 15) is 22.8 Å². The fourth-order valence-electron chi connectivity index (χ4n) is 3.03. The number of thiazole rings is 1. The summed E-state index contributed by atoms with van der Waals surface area (Å²) in [7, 11) is 1.32. The summed E-state index contributed by atoms with van der Waals surface area (Å²) >= 11 is 0.832. The molecule has 0 aliphatic carbocycles. The zero-order valence-corrected chi connectivity index (χ0v) is 19.0. The number of carbonyl (C=O) groups excluding carboxylic acids is 2. The minimum Gasteiger partial charge on any atom is -0.480 e. The number of nitrogens with one attached hydrogen (secondary N) is 3.